The lowest BCUT2D eigenvalue weighted by molar-refractivity contribution is 0.272. The zero-order valence-electron chi connectivity index (χ0n) is 14.9. The third-order valence-corrected chi connectivity index (χ3v) is 6.65. The molecule has 5 rings (SSSR count). The van der Waals surface area contributed by atoms with E-state index >= 15 is 0 Å². The quantitative estimate of drug-likeness (QED) is 0.643. The Balaban J connectivity index is 1.57. The number of pyridine rings is 1. The van der Waals surface area contributed by atoms with Crippen LogP contribution in [-0.4, -0.2) is 32.3 Å². The maximum Gasteiger partial charge on any atom is 0.179 e. The molecular formula is C19H15ClF2N6S. The number of aliphatic imine (C=N–C) groups is 1. The van der Waals surface area contributed by atoms with Crippen molar-refractivity contribution in [1.82, 2.24) is 15.2 Å². The number of anilines is 2. The number of halogens is 3. The van der Waals surface area contributed by atoms with Gasteiger partial charge >= 0.3 is 0 Å². The van der Waals surface area contributed by atoms with E-state index in [4.69, 9.17) is 17.3 Å². The Bertz CT molecular complexity index is 1160. The molecule has 3 heterocycles. The van der Waals surface area contributed by atoms with Crippen molar-refractivity contribution < 1.29 is 8.78 Å². The molecular weight excluding hydrogens is 418 g/mol. The summed E-state index contributed by atoms with van der Waals surface area (Å²) in [5.74, 6) is -0.204. The summed E-state index contributed by atoms with van der Waals surface area (Å²) in [6.45, 7) is -0.816. The summed E-state index contributed by atoms with van der Waals surface area (Å²) >= 11 is 7.41. The molecule has 1 aromatic carbocycles. The Labute approximate surface area is 174 Å². The molecule has 3 atom stereocenters. The first-order chi connectivity index (χ1) is 14.0. The smallest absolute Gasteiger partial charge is 0.179 e. The van der Waals surface area contributed by atoms with Gasteiger partial charge in [0.15, 0.2) is 11.0 Å². The topological polar surface area (TPSA) is 89.1 Å². The van der Waals surface area contributed by atoms with Gasteiger partial charge in [-0.3, -0.25) is 4.98 Å². The van der Waals surface area contributed by atoms with Crippen LogP contribution in [0.1, 0.15) is 12.0 Å². The maximum absolute atomic E-state index is 14.8. The Kier molecular flexibility index (Phi) is 4.32. The minimum absolute atomic E-state index is 0.0734. The minimum atomic E-state index is -1.29. The van der Waals surface area contributed by atoms with Crippen LogP contribution in [0.5, 0.6) is 0 Å². The molecule has 3 N–H and O–H groups in total. The van der Waals surface area contributed by atoms with E-state index in [2.05, 4.69) is 25.5 Å². The summed E-state index contributed by atoms with van der Waals surface area (Å²) in [6, 6.07) is 6.13. The molecule has 0 amide bonds. The molecule has 0 radical (unpaired) electrons. The lowest BCUT2D eigenvalue weighted by atomic mass is 9.86. The van der Waals surface area contributed by atoms with Crippen LogP contribution in [0.15, 0.2) is 41.7 Å². The van der Waals surface area contributed by atoms with Crippen LogP contribution in [-0.2, 0) is 5.54 Å². The summed E-state index contributed by atoms with van der Waals surface area (Å²) in [5.41, 5.74) is 5.88. The van der Waals surface area contributed by atoms with Gasteiger partial charge in [0.2, 0.25) is 0 Å². The molecule has 0 saturated heterocycles. The van der Waals surface area contributed by atoms with Gasteiger partial charge in [0.05, 0.1) is 11.2 Å². The van der Waals surface area contributed by atoms with Crippen molar-refractivity contribution >= 4 is 50.9 Å². The van der Waals surface area contributed by atoms with E-state index in [9.17, 15) is 8.78 Å². The molecule has 1 aliphatic heterocycles. The van der Waals surface area contributed by atoms with Gasteiger partial charge < -0.3 is 11.1 Å². The zero-order valence-corrected chi connectivity index (χ0v) is 16.5. The SMILES string of the molecule is NC1=N[C@](CF)(c2cc(Nc3nncc4cc(Cl)cnc34)ccc2F)C2C[C@@H]2S1. The van der Waals surface area contributed by atoms with Gasteiger partial charge in [0.25, 0.3) is 0 Å². The van der Waals surface area contributed by atoms with Crippen LogP contribution in [0.3, 0.4) is 0 Å². The van der Waals surface area contributed by atoms with Crippen molar-refractivity contribution in [3.8, 4) is 0 Å². The maximum atomic E-state index is 14.8. The number of aromatic nitrogens is 3. The number of nitrogens with two attached hydrogens (primary N) is 1. The van der Waals surface area contributed by atoms with Gasteiger partial charge in [0, 0.05) is 34.0 Å². The Hall–Kier alpha value is -2.52. The van der Waals surface area contributed by atoms with Crippen LogP contribution in [0.25, 0.3) is 10.9 Å². The minimum Gasteiger partial charge on any atom is -0.379 e. The predicted octanol–water partition coefficient (Wildman–Crippen LogP) is 4.18. The normalized spacial score (nSPS) is 25.4. The van der Waals surface area contributed by atoms with Crippen molar-refractivity contribution in [1.29, 1.82) is 0 Å². The molecule has 1 fully saturated rings. The van der Waals surface area contributed by atoms with Crippen LogP contribution < -0.4 is 11.1 Å². The largest absolute Gasteiger partial charge is 0.379 e. The standard InChI is InChI=1S/C19H15ClF2N6S/c20-10-3-9-6-25-28-17(16(9)24-7-10)26-11-1-2-14(22)12(4-11)19(8-21)13-5-15(13)29-18(23)27-19/h1-4,6-7,13,15H,5,8H2,(H2,23,27)(H,26,28)/t13?,15-,19+/m0/s1. The highest BCUT2D eigenvalue weighted by atomic mass is 35.5. The monoisotopic (exact) mass is 432 g/mol. The van der Waals surface area contributed by atoms with E-state index in [1.54, 1.807) is 24.4 Å². The number of benzene rings is 1. The van der Waals surface area contributed by atoms with Crippen molar-refractivity contribution in [2.24, 2.45) is 16.6 Å². The number of hydrogen-bond donors (Lipinski definition) is 2. The van der Waals surface area contributed by atoms with Crippen molar-refractivity contribution in [2.45, 2.75) is 17.2 Å². The molecule has 2 aromatic heterocycles. The van der Waals surface area contributed by atoms with Gasteiger partial charge in [-0.25, -0.2) is 13.8 Å². The molecule has 0 bridgehead atoms. The summed E-state index contributed by atoms with van der Waals surface area (Å²) < 4.78 is 29.0. The molecule has 3 aromatic rings. The number of fused-ring (bicyclic) bond motifs is 2. The molecule has 1 saturated carbocycles. The molecule has 148 valence electrons. The van der Waals surface area contributed by atoms with Crippen LogP contribution in [0.2, 0.25) is 5.02 Å². The van der Waals surface area contributed by atoms with Crippen molar-refractivity contribution in [3.63, 3.8) is 0 Å². The van der Waals surface area contributed by atoms with Gasteiger partial charge in [0.1, 0.15) is 23.5 Å². The van der Waals surface area contributed by atoms with Crippen LogP contribution in [0, 0.1) is 11.7 Å². The first kappa shape index (κ1) is 18.5. The van der Waals surface area contributed by atoms with Gasteiger partial charge in [-0.15, -0.1) is 5.10 Å². The molecule has 29 heavy (non-hydrogen) atoms. The number of hydrogen-bond acceptors (Lipinski definition) is 7. The average molecular weight is 433 g/mol. The molecule has 6 nitrogen and oxygen atoms in total. The van der Waals surface area contributed by atoms with E-state index in [1.165, 1.54) is 24.0 Å². The third-order valence-electron chi connectivity index (χ3n) is 5.29. The van der Waals surface area contributed by atoms with E-state index < -0.39 is 18.0 Å². The van der Waals surface area contributed by atoms with E-state index in [0.717, 1.165) is 6.42 Å². The molecule has 2 aliphatic rings. The number of nitrogens with zero attached hydrogens (tertiary/aromatic N) is 4. The van der Waals surface area contributed by atoms with E-state index in [1.807, 2.05) is 0 Å². The molecule has 1 unspecified atom stereocenters. The number of amidine groups is 1. The highest BCUT2D eigenvalue weighted by Crippen LogP contribution is 2.58. The Morgan fingerprint density at radius 3 is 3.00 bits per heavy atom. The first-order valence-electron chi connectivity index (χ1n) is 8.92. The van der Waals surface area contributed by atoms with Crippen molar-refractivity contribution in [3.05, 3.63) is 53.1 Å². The van der Waals surface area contributed by atoms with Crippen LogP contribution >= 0.6 is 23.4 Å². The number of nitrogens with one attached hydrogen (secondary N) is 1. The fourth-order valence-corrected chi connectivity index (χ4v) is 5.21. The van der Waals surface area contributed by atoms with E-state index in [0.29, 0.717) is 32.6 Å². The van der Waals surface area contributed by atoms with Gasteiger partial charge in [-0.1, -0.05) is 23.4 Å². The van der Waals surface area contributed by atoms with Crippen LogP contribution in [0.4, 0.5) is 20.3 Å². The highest BCUT2D eigenvalue weighted by molar-refractivity contribution is 8.14. The fourth-order valence-electron chi connectivity index (χ4n) is 3.83. The Morgan fingerprint density at radius 1 is 1.31 bits per heavy atom. The van der Waals surface area contributed by atoms with E-state index in [-0.39, 0.29) is 16.7 Å². The highest BCUT2D eigenvalue weighted by Gasteiger charge is 2.58. The summed E-state index contributed by atoms with van der Waals surface area (Å²) in [5, 5.41) is 12.8. The molecule has 0 spiro atoms. The molecule has 10 heteroatoms. The summed E-state index contributed by atoms with van der Waals surface area (Å²) in [7, 11) is 0. The summed E-state index contributed by atoms with van der Waals surface area (Å²) in [4.78, 5) is 8.65. The fraction of sp³-hybridized carbons (Fsp3) is 0.263. The molecule has 1 aliphatic carbocycles. The first-order valence-corrected chi connectivity index (χ1v) is 10.2. The predicted molar refractivity (Wildman–Crippen MR) is 111 cm³/mol. The second kappa shape index (κ2) is 6.77. The second-order valence-corrected chi connectivity index (χ2v) is 8.81. The number of alkyl halides is 1. The van der Waals surface area contributed by atoms with Gasteiger partial charge in [-0.2, -0.15) is 5.10 Å². The lowest BCUT2D eigenvalue weighted by Gasteiger charge is -2.31. The summed E-state index contributed by atoms with van der Waals surface area (Å²) in [6.07, 6.45) is 3.82. The Morgan fingerprint density at radius 2 is 2.17 bits per heavy atom. The van der Waals surface area contributed by atoms with Crippen molar-refractivity contribution in [2.75, 3.05) is 12.0 Å². The zero-order chi connectivity index (χ0) is 20.2. The second-order valence-electron chi connectivity index (χ2n) is 7.11. The lowest BCUT2D eigenvalue weighted by Crippen LogP contribution is -2.36. The average Bonchev–Trinajstić information content (AvgIpc) is 3.48. The van der Waals surface area contributed by atoms with Gasteiger partial charge in [-0.05, 0) is 30.7 Å². The number of rotatable bonds is 4. The number of thioether (sulfide) groups is 1. The third kappa shape index (κ3) is 3.08.